The zero-order valence-corrected chi connectivity index (χ0v) is 22.9. The third-order valence-corrected chi connectivity index (χ3v) is 8.53. The van der Waals surface area contributed by atoms with Gasteiger partial charge in [0.15, 0.2) is 0 Å². The van der Waals surface area contributed by atoms with Crippen molar-refractivity contribution >= 4 is 28.0 Å². The first-order chi connectivity index (χ1) is 18.7. The zero-order chi connectivity index (χ0) is 26.2. The van der Waals surface area contributed by atoms with E-state index in [1.54, 1.807) is 18.4 Å². The number of carbonyl (C=O) groups excluding carboxylic acids is 1. The first-order valence-corrected chi connectivity index (χ1v) is 14.5. The van der Waals surface area contributed by atoms with Crippen molar-refractivity contribution in [1.82, 2.24) is 15.5 Å². The van der Waals surface area contributed by atoms with Crippen molar-refractivity contribution in [2.75, 3.05) is 39.8 Å². The average Bonchev–Trinajstić information content (AvgIpc) is 3.50. The molecule has 0 aliphatic carbocycles. The number of hydrogen-bond donors (Lipinski definition) is 2. The van der Waals surface area contributed by atoms with Gasteiger partial charge in [0.25, 0.3) is 0 Å². The molecule has 3 aromatic carbocycles. The minimum atomic E-state index is 0.136. The standard InChI is InChI=1S/C32H37N3O2S/c1-37-30-14-5-4-12-28(30)29-23-33-19-21-35(29)20-7-16-32(36)34-18-17-27(31-15-8-22-38-31)26-13-6-10-24-9-2-3-11-25(24)26/h2-6,8-15,22,27,29,33H,7,16-21,23H2,1H3,(H,34,36). The molecule has 1 aromatic heterocycles. The van der Waals surface area contributed by atoms with Gasteiger partial charge in [-0.1, -0.05) is 66.7 Å². The van der Waals surface area contributed by atoms with Crippen LogP contribution in [0.2, 0.25) is 0 Å². The number of benzene rings is 3. The number of nitrogens with zero attached hydrogens (tertiary/aromatic N) is 1. The molecule has 1 amide bonds. The molecule has 38 heavy (non-hydrogen) atoms. The Kier molecular flexibility index (Phi) is 9.07. The van der Waals surface area contributed by atoms with Crippen LogP contribution >= 0.6 is 11.3 Å². The van der Waals surface area contributed by atoms with Gasteiger partial charge in [0.2, 0.25) is 5.91 Å². The van der Waals surface area contributed by atoms with Crippen LogP contribution in [0, 0.1) is 0 Å². The molecule has 198 valence electrons. The van der Waals surface area contributed by atoms with Crippen molar-refractivity contribution < 1.29 is 9.53 Å². The van der Waals surface area contributed by atoms with Gasteiger partial charge in [-0.25, -0.2) is 0 Å². The fourth-order valence-corrected chi connectivity index (χ4v) is 6.52. The van der Waals surface area contributed by atoms with E-state index in [4.69, 9.17) is 4.74 Å². The maximum atomic E-state index is 12.8. The van der Waals surface area contributed by atoms with Crippen LogP contribution in [-0.4, -0.2) is 50.6 Å². The molecule has 0 radical (unpaired) electrons. The largest absolute Gasteiger partial charge is 0.496 e. The molecule has 0 bridgehead atoms. The van der Waals surface area contributed by atoms with Gasteiger partial charge in [-0.15, -0.1) is 11.3 Å². The van der Waals surface area contributed by atoms with E-state index in [9.17, 15) is 4.79 Å². The number of rotatable bonds is 11. The van der Waals surface area contributed by atoms with Gasteiger partial charge >= 0.3 is 0 Å². The maximum Gasteiger partial charge on any atom is 0.220 e. The van der Waals surface area contributed by atoms with Crippen molar-refractivity contribution in [3.05, 3.63) is 100 Å². The Balaban J connectivity index is 1.15. The third-order valence-electron chi connectivity index (χ3n) is 7.54. The number of thiophene rings is 1. The smallest absolute Gasteiger partial charge is 0.220 e. The van der Waals surface area contributed by atoms with Crippen molar-refractivity contribution in [2.45, 2.75) is 31.2 Å². The summed E-state index contributed by atoms with van der Waals surface area (Å²) in [5.41, 5.74) is 2.54. The monoisotopic (exact) mass is 527 g/mol. The molecular weight excluding hydrogens is 490 g/mol. The molecular formula is C32H37N3O2S. The molecule has 4 aromatic rings. The molecule has 2 unspecified atom stereocenters. The molecule has 5 nitrogen and oxygen atoms in total. The Morgan fingerprint density at radius 1 is 1.08 bits per heavy atom. The van der Waals surface area contributed by atoms with Gasteiger partial charge < -0.3 is 15.4 Å². The number of carbonyl (C=O) groups is 1. The Morgan fingerprint density at radius 2 is 1.92 bits per heavy atom. The number of ether oxygens (including phenoxy) is 1. The van der Waals surface area contributed by atoms with Crippen LogP contribution < -0.4 is 15.4 Å². The van der Waals surface area contributed by atoms with Gasteiger partial charge in [-0.3, -0.25) is 9.69 Å². The predicted molar refractivity (Wildman–Crippen MR) is 157 cm³/mol. The fraction of sp³-hybridized carbons (Fsp3) is 0.344. The minimum Gasteiger partial charge on any atom is -0.496 e. The van der Waals surface area contributed by atoms with Crippen molar-refractivity contribution in [3.8, 4) is 5.75 Å². The lowest BCUT2D eigenvalue weighted by Gasteiger charge is -2.37. The van der Waals surface area contributed by atoms with Crippen molar-refractivity contribution in [3.63, 3.8) is 0 Å². The van der Waals surface area contributed by atoms with Crippen LogP contribution in [0.25, 0.3) is 10.8 Å². The SMILES string of the molecule is COc1ccccc1C1CNCCN1CCCC(=O)NCCC(c1cccs1)c1cccc2ccccc12. The predicted octanol–water partition coefficient (Wildman–Crippen LogP) is 5.97. The number of methoxy groups -OCH3 is 1. The van der Waals surface area contributed by atoms with E-state index >= 15 is 0 Å². The molecule has 5 rings (SSSR count). The van der Waals surface area contributed by atoms with Crippen LogP contribution in [0.1, 0.15) is 47.2 Å². The fourth-order valence-electron chi connectivity index (χ4n) is 5.64. The second kappa shape index (κ2) is 13.1. The van der Waals surface area contributed by atoms with Gasteiger partial charge in [-0.05, 0) is 53.2 Å². The van der Waals surface area contributed by atoms with Crippen LogP contribution in [0.5, 0.6) is 5.75 Å². The summed E-state index contributed by atoms with van der Waals surface area (Å²) in [6.45, 7) is 4.40. The third kappa shape index (κ3) is 6.26. The summed E-state index contributed by atoms with van der Waals surface area (Å²) in [5, 5.41) is 11.4. The summed E-state index contributed by atoms with van der Waals surface area (Å²) in [5.74, 6) is 1.33. The quantitative estimate of drug-likeness (QED) is 0.252. The van der Waals surface area contributed by atoms with Crippen molar-refractivity contribution in [2.24, 2.45) is 0 Å². The molecule has 1 fully saturated rings. The highest BCUT2D eigenvalue weighted by Crippen LogP contribution is 2.35. The summed E-state index contributed by atoms with van der Waals surface area (Å²) in [4.78, 5) is 16.6. The highest BCUT2D eigenvalue weighted by molar-refractivity contribution is 7.10. The van der Waals surface area contributed by atoms with E-state index in [0.717, 1.165) is 44.8 Å². The topological polar surface area (TPSA) is 53.6 Å². The molecule has 2 atom stereocenters. The normalized spacial score (nSPS) is 16.8. The number of hydrogen-bond acceptors (Lipinski definition) is 5. The molecule has 2 heterocycles. The van der Waals surface area contributed by atoms with E-state index in [0.29, 0.717) is 13.0 Å². The minimum absolute atomic E-state index is 0.136. The lowest BCUT2D eigenvalue weighted by Crippen LogP contribution is -2.46. The molecule has 1 aliphatic heterocycles. The Morgan fingerprint density at radius 3 is 2.79 bits per heavy atom. The van der Waals surface area contributed by atoms with Gasteiger partial charge in [0.1, 0.15) is 5.75 Å². The van der Waals surface area contributed by atoms with Crippen LogP contribution in [0.3, 0.4) is 0 Å². The number of fused-ring (bicyclic) bond motifs is 1. The summed E-state index contributed by atoms with van der Waals surface area (Å²) in [6, 6.07) is 28.0. The first kappa shape index (κ1) is 26.4. The second-order valence-corrected chi connectivity index (χ2v) is 10.9. The lowest BCUT2D eigenvalue weighted by molar-refractivity contribution is -0.121. The molecule has 0 saturated carbocycles. The van der Waals surface area contributed by atoms with E-state index in [-0.39, 0.29) is 17.9 Å². The molecule has 2 N–H and O–H groups in total. The number of nitrogens with one attached hydrogen (secondary N) is 2. The Labute approximate surface area is 229 Å². The van der Waals surface area contributed by atoms with Crippen LogP contribution in [0.15, 0.2) is 84.2 Å². The zero-order valence-electron chi connectivity index (χ0n) is 22.1. The number of para-hydroxylation sites is 1. The summed E-state index contributed by atoms with van der Waals surface area (Å²) in [7, 11) is 1.73. The summed E-state index contributed by atoms with van der Waals surface area (Å²) < 4.78 is 5.62. The van der Waals surface area contributed by atoms with E-state index in [1.807, 2.05) is 12.1 Å². The van der Waals surface area contributed by atoms with E-state index in [2.05, 4.69) is 87.6 Å². The van der Waals surface area contributed by atoms with Gasteiger partial charge in [-0.2, -0.15) is 0 Å². The molecule has 0 spiro atoms. The number of piperazine rings is 1. The van der Waals surface area contributed by atoms with Crippen LogP contribution in [-0.2, 0) is 4.79 Å². The number of amides is 1. The van der Waals surface area contributed by atoms with Crippen molar-refractivity contribution in [1.29, 1.82) is 0 Å². The molecule has 1 aliphatic rings. The second-order valence-electron chi connectivity index (χ2n) is 9.88. The maximum absolute atomic E-state index is 12.8. The van der Waals surface area contributed by atoms with E-state index < -0.39 is 0 Å². The Hall–Kier alpha value is -3.19. The summed E-state index contributed by atoms with van der Waals surface area (Å²) in [6.07, 6.45) is 2.27. The van der Waals surface area contributed by atoms with Crippen LogP contribution in [0.4, 0.5) is 0 Å². The summed E-state index contributed by atoms with van der Waals surface area (Å²) >= 11 is 1.79. The highest BCUT2D eigenvalue weighted by atomic mass is 32.1. The highest BCUT2D eigenvalue weighted by Gasteiger charge is 2.26. The van der Waals surface area contributed by atoms with E-state index in [1.165, 1.54) is 26.8 Å². The molecule has 6 heteroatoms. The lowest BCUT2D eigenvalue weighted by atomic mass is 9.90. The first-order valence-electron chi connectivity index (χ1n) is 13.6. The Bertz CT molecular complexity index is 1320. The molecule has 1 saturated heterocycles. The van der Waals surface area contributed by atoms with Gasteiger partial charge in [0, 0.05) is 49.0 Å². The van der Waals surface area contributed by atoms with Gasteiger partial charge in [0.05, 0.1) is 13.2 Å². The average molecular weight is 528 g/mol.